The van der Waals surface area contributed by atoms with Crippen LogP contribution in [0.15, 0.2) is 18.2 Å². The molecule has 1 aromatic carbocycles. The topological polar surface area (TPSA) is 98.3 Å². The second-order valence-electron chi connectivity index (χ2n) is 5.36. The van der Waals surface area contributed by atoms with Crippen molar-refractivity contribution in [1.82, 2.24) is 0 Å². The van der Waals surface area contributed by atoms with Crippen molar-refractivity contribution in [3.8, 4) is 0 Å². The molecule has 0 bridgehead atoms. The van der Waals surface area contributed by atoms with Gasteiger partial charge in [0.15, 0.2) is 0 Å². The van der Waals surface area contributed by atoms with E-state index >= 15 is 0 Å². The lowest BCUT2D eigenvalue weighted by atomic mass is 9.81. The molecule has 2 rings (SSSR count). The maximum absolute atomic E-state index is 13.2. The molecule has 0 atom stereocenters. The van der Waals surface area contributed by atoms with Gasteiger partial charge in [-0.25, -0.2) is 4.39 Å². The van der Waals surface area contributed by atoms with Gasteiger partial charge < -0.3 is 11.1 Å². The van der Waals surface area contributed by atoms with Gasteiger partial charge in [-0.1, -0.05) is 0 Å². The second-order valence-corrected chi connectivity index (χ2v) is 5.36. The predicted octanol–water partition coefficient (Wildman–Crippen LogP) is 2.44. The van der Waals surface area contributed by atoms with E-state index < -0.39 is 10.7 Å². The highest BCUT2D eigenvalue weighted by atomic mass is 19.1. The minimum absolute atomic E-state index is 0.0917. The molecule has 1 aromatic rings. The number of halogens is 1. The van der Waals surface area contributed by atoms with Crippen LogP contribution in [0.1, 0.15) is 25.7 Å². The Morgan fingerprint density at radius 1 is 1.38 bits per heavy atom. The van der Waals surface area contributed by atoms with E-state index in [0.717, 1.165) is 31.0 Å². The fraction of sp³-hybridized carbons (Fsp3) is 0.500. The van der Waals surface area contributed by atoms with Gasteiger partial charge in [0, 0.05) is 18.1 Å². The summed E-state index contributed by atoms with van der Waals surface area (Å²) in [6, 6.07) is 3.03. The van der Waals surface area contributed by atoms with Crippen molar-refractivity contribution in [2.75, 3.05) is 11.9 Å². The molecule has 1 aliphatic carbocycles. The summed E-state index contributed by atoms with van der Waals surface area (Å²) in [5, 5.41) is 13.4. The summed E-state index contributed by atoms with van der Waals surface area (Å²) < 4.78 is 13.2. The zero-order chi connectivity index (χ0) is 15.4. The number of nitrogens with one attached hydrogen (secondary N) is 1. The Balaban J connectivity index is 2.06. The lowest BCUT2D eigenvalue weighted by Gasteiger charge is -2.26. The van der Waals surface area contributed by atoms with Crippen LogP contribution >= 0.6 is 0 Å². The largest absolute Gasteiger partial charge is 0.330 e. The first-order chi connectivity index (χ1) is 10.0. The van der Waals surface area contributed by atoms with E-state index in [4.69, 9.17) is 5.73 Å². The molecule has 114 valence electrons. The van der Waals surface area contributed by atoms with Crippen LogP contribution in [0.25, 0.3) is 0 Å². The number of nitro groups is 1. The molecule has 1 fully saturated rings. The first kappa shape index (κ1) is 15.4. The summed E-state index contributed by atoms with van der Waals surface area (Å²) in [6.45, 7) is 0.615. The summed E-state index contributed by atoms with van der Waals surface area (Å²) in [7, 11) is 0. The average molecular weight is 295 g/mol. The van der Waals surface area contributed by atoms with E-state index in [0.29, 0.717) is 25.3 Å². The number of carbonyl (C=O) groups excluding carboxylic acids is 1. The third-order valence-corrected chi connectivity index (χ3v) is 3.96. The third kappa shape index (κ3) is 3.75. The Labute approximate surface area is 121 Å². The van der Waals surface area contributed by atoms with Crippen LogP contribution < -0.4 is 11.1 Å². The predicted molar refractivity (Wildman–Crippen MR) is 76.2 cm³/mol. The van der Waals surface area contributed by atoms with Gasteiger partial charge in [-0.05, 0) is 44.2 Å². The number of nitro benzene ring substituents is 1. The Morgan fingerprint density at radius 3 is 2.62 bits per heavy atom. The van der Waals surface area contributed by atoms with Crippen LogP contribution in [0.3, 0.4) is 0 Å². The van der Waals surface area contributed by atoms with E-state index in [9.17, 15) is 19.3 Å². The molecule has 0 saturated heterocycles. The van der Waals surface area contributed by atoms with Crippen LogP contribution in [-0.2, 0) is 4.79 Å². The number of amides is 1. The highest BCUT2D eigenvalue weighted by Crippen LogP contribution is 2.31. The average Bonchev–Trinajstić information content (AvgIpc) is 2.47. The maximum Gasteiger partial charge on any atom is 0.292 e. The standard InChI is InChI=1S/C14H18FN3O3/c15-11-5-6-13(18(20)21)12(7-11)17-14(19)10-3-1-9(8-16)2-4-10/h5-7,9-10H,1-4,8,16H2,(H,17,19). The number of rotatable bonds is 4. The fourth-order valence-electron chi connectivity index (χ4n) is 2.66. The first-order valence-electron chi connectivity index (χ1n) is 6.96. The van der Waals surface area contributed by atoms with Crippen LogP contribution in [-0.4, -0.2) is 17.4 Å². The van der Waals surface area contributed by atoms with Crippen molar-refractivity contribution in [2.45, 2.75) is 25.7 Å². The Bertz CT molecular complexity index is 542. The van der Waals surface area contributed by atoms with Gasteiger partial charge in [0.05, 0.1) is 4.92 Å². The summed E-state index contributed by atoms with van der Waals surface area (Å²) in [6.07, 6.45) is 3.16. The summed E-state index contributed by atoms with van der Waals surface area (Å²) in [5.41, 5.74) is 5.20. The number of hydrogen-bond acceptors (Lipinski definition) is 4. The molecule has 1 aliphatic rings. The molecule has 0 aromatic heterocycles. The minimum Gasteiger partial charge on any atom is -0.330 e. The first-order valence-corrected chi connectivity index (χ1v) is 6.96. The van der Waals surface area contributed by atoms with E-state index in [-0.39, 0.29) is 23.2 Å². The van der Waals surface area contributed by atoms with Gasteiger partial charge in [-0.3, -0.25) is 14.9 Å². The molecule has 0 spiro atoms. The normalized spacial score (nSPS) is 21.8. The van der Waals surface area contributed by atoms with Crippen molar-refractivity contribution in [3.05, 3.63) is 34.1 Å². The molecule has 0 radical (unpaired) electrons. The SMILES string of the molecule is NCC1CCC(C(=O)Nc2cc(F)ccc2[N+](=O)[O-])CC1. The van der Waals surface area contributed by atoms with Crippen LogP contribution in [0.5, 0.6) is 0 Å². The Morgan fingerprint density at radius 2 is 2.05 bits per heavy atom. The zero-order valence-electron chi connectivity index (χ0n) is 11.5. The van der Waals surface area contributed by atoms with Gasteiger partial charge >= 0.3 is 0 Å². The second kappa shape index (κ2) is 6.62. The van der Waals surface area contributed by atoms with E-state index in [1.807, 2.05) is 0 Å². The molecule has 0 aliphatic heterocycles. The molecule has 1 saturated carbocycles. The highest BCUT2D eigenvalue weighted by molar-refractivity contribution is 5.94. The van der Waals surface area contributed by atoms with Gasteiger partial charge in [-0.15, -0.1) is 0 Å². The summed E-state index contributed by atoms with van der Waals surface area (Å²) >= 11 is 0. The molecular weight excluding hydrogens is 277 g/mol. The van der Waals surface area contributed by atoms with E-state index in [1.54, 1.807) is 0 Å². The number of benzene rings is 1. The summed E-state index contributed by atoms with van der Waals surface area (Å²) in [4.78, 5) is 22.4. The molecule has 6 nitrogen and oxygen atoms in total. The van der Waals surface area contributed by atoms with Crippen LogP contribution in [0.4, 0.5) is 15.8 Å². The van der Waals surface area contributed by atoms with Crippen molar-refractivity contribution in [2.24, 2.45) is 17.6 Å². The van der Waals surface area contributed by atoms with Crippen molar-refractivity contribution >= 4 is 17.3 Å². The van der Waals surface area contributed by atoms with Crippen LogP contribution in [0, 0.1) is 27.8 Å². The van der Waals surface area contributed by atoms with Gasteiger partial charge in [0.2, 0.25) is 5.91 Å². The van der Waals surface area contributed by atoms with Crippen molar-refractivity contribution < 1.29 is 14.1 Å². The maximum atomic E-state index is 13.2. The molecule has 3 N–H and O–H groups in total. The fourth-order valence-corrected chi connectivity index (χ4v) is 2.66. The quantitative estimate of drug-likeness (QED) is 0.658. The number of hydrogen-bond donors (Lipinski definition) is 2. The van der Waals surface area contributed by atoms with E-state index in [2.05, 4.69) is 5.32 Å². The monoisotopic (exact) mass is 295 g/mol. The van der Waals surface area contributed by atoms with Gasteiger partial charge in [0.1, 0.15) is 11.5 Å². The molecule has 0 heterocycles. The number of nitrogens with zero attached hydrogens (tertiary/aromatic N) is 1. The minimum atomic E-state index is -0.639. The smallest absolute Gasteiger partial charge is 0.292 e. The van der Waals surface area contributed by atoms with Crippen molar-refractivity contribution in [1.29, 1.82) is 0 Å². The Kier molecular flexibility index (Phi) is 4.85. The third-order valence-electron chi connectivity index (χ3n) is 3.96. The zero-order valence-corrected chi connectivity index (χ0v) is 11.5. The molecular formula is C14H18FN3O3. The lowest BCUT2D eigenvalue weighted by Crippen LogP contribution is -2.29. The molecule has 7 heteroatoms. The molecule has 21 heavy (non-hydrogen) atoms. The molecule has 0 unspecified atom stereocenters. The van der Waals surface area contributed by atoms with Crippen molar-refractivity contribution in [3.63, 3.8) is 0 Å². The van der Waals surface area contributed by atoms with Gasteiger partial charge in [0.25, 0.3) is 5.69 Å². The highest BCUT2D eigenvalue weighted by Gasteiger charge is 2.27. The van der Waals surface area contributed by atoms with E-state index in [1.165, 1.54) is 0 Å². The Hall–Kier alpha value is -2.02. The molecule has 1 amide bonds. The number of nitrogens with two attached hydrogens (primary N) is 1. The number of anilines is 1. The van der Waals surface area contributed by atoms with Crippen LogP contribution in [0.2, 0.25) is 0 Å². The van der Waals surface area contributed by atoms with Gasteiger partial charge in [-0.2, -0.15) is 0 Å². The number of carbonyl (C=O) groups is 1. The lowest BCUT2D eigenvalue weighted by molar-refractivity contribution is -0.384. The summed E-state index contributed by atoms with van der Waals surface area (Å²) in [5.74, 6) is -0.671.